The molecule has 1 atom stereocenters. The van der Waals surface area contributed by atoms with E-state index in [4.69, 9.17) is 28.7 Å². The van der Waals surface area contributed by atoms with Gasteiger partial charge in [0.25, 0.3) is 0 Å². The second kappa shape index (κ2) is 9.92. The van der Waals surface area contributed by atoms with Crippen LogP contribution in [0, 0.1) is 5.92 Å². The summed E-state index contributed by atoms with van der Waals surface area (Å²) in [7, 11) is 0. The van der Waals surface area contributed by atoms with Crippen LogP contribution in [-0.2, 0) is 9.47 Å². The van der Waals surface area contributed by atoms with Gasteiger partial charge in [-0.15, -0.1) is 0 Å². The summed E-state index contributed by atoms with van der Waals surface area (Å²) in [4.78, 5) is 9.35. The van der Waals surface area contributed by atoms with Crippen molar-refractivity contribution in [1.82, 2.24) is 9.97 Å². The molecule has 3 aliphatic rings. The highest BCUT2D eigenvalue weighted by molar-refractivity contribution is 5.71. The third-order valence-electron chi connectivity index (χ3n) is 6.25. The van der Waals surface area contributed by atoms with Crippen LogP contribution in [0.5, 0.6) is 17.4 Å². The number of rotatable bonds is 6. The van der Waals surface area contributed by atoms with Crippen molar-refractivity contribution in [1.29, 1.82) is 0 Å². The fourth-order valence-corrected chi connectivity index (χ4v) is 4.35. The first-order valence-electron chi connectivity index (χ1n) is 11.6. The van der Waals surface area contributed by atoms with Gasteiger partial charge < -0.3 is 29.0 Å². The quantitative estimate of drug-likeness (QED) is 0.727. The van der Waals surface area contributed by atoms with Gasteiger partial charge in [0, 0.05) is 12.2 Å². The van der Waals surface area contributed by atoms with Crippen molar-refractivity contribution in [3.05, 3.63) is 24.4 Å². The molecule has 0 spiro atoms. The van der Waals surface area contributed by atoms with Gasteiger partial charge in [-0.05, 0) is 49.3 Å². The van der Waals surface area contributed by atoms with Crippen molar-refractivity contribution in [2.75, 3.05) is 45.0 Å². The minimum absolute atomic E-state index is 0.108. The van der Waals surface area contributed by atoms with E-state index >= 15 is 0 Å². The molecule has 2 aliphatic heterocycles. The number of hydrogen-bond acceptors (Lipinski definition) is 8. The van der Waals surface area contributed by atoms with Crippen molar-refractivity contribution < 1.29 is 23.7 Å². The number of fused-ring (bicyclic) bond motifs is 1. The van der Waals surface area contributed by atoms with Crippen LogP contribution in [0.25, 0.3) is 11.1 Å². The predicted molar refractivity (Wildman–Crippen MR) is 120 cm³/mol. The monoisotopic (exact) mass is 441 g/mol. The second-order valence-corrected chi connectivity index (χ2v) is 8.75. The first kappa shape index (κ1) is 21.3. The zero-order valence-corrected chi connectivity index (χ0v) is 18.5. The molecule has 8 heteroatoms. The maximum atomic E-state index is 6.15. The SMILES string of the molecule is CC1CCC(Nc2ncc(-c3ccc4c(c3)OCCO4)c(OCC3COCCO3)n2)CC1. The first-order valence-corrected chi connectivity index (χ1v) is 11.6. The molecule has 1 N–H and O–H groups in total. The Kier molecular flexibility index (Phi) is 6.59. The van der Waals surface area contributed by atoms with E-state index in [1.807, 2.05) is 24.4 Å². The van der Waals surface area contributed by atoms with E-state index in [1.54, 1.807) is 0 Å². The summed E-state index contributed by atoms with van der Waals surface area (Å²) in [6.07, 6.45) is 6.45. The average Bonchev–Trinajstić information content (AvgIpc) is 2.85. The van der Waals surface area contributed by atoms with E-state index in [0.29, 0.717) is 57.5 Å². The van der Waals surface area contributed by atoms with Gasteiger partial charge in [-0.2, -0.15) is 4.98 Å². The molecule has 1 aromatic carbocycles. The molecular formula is C24H31N3O5. The second-order valence-electron chi connectivity index (χ2n) is 8.75. The Morgan fingerprint density at radius 1 is 1.03 bits per heavy atom. The minimum Gasteiger partial charge on any atom is -0.486 e. The van der Waals surface area contributed by atoms with Gasteiger partial charge in [-0.25, -0.2) is 4.98 Å². The molecule has 1 aliphatic carbocycles. The van der Waals surface area contributed by atoms with E-state index in [2.05, 4.69) is 17.2 Å². The molecule has 0 radical (unpaired) electrons. The predicted octanol–water partition coefficient (Wildman–Crippen LogP) is 3.70. The molecule has 5 rings (SSSR count). The summed E-state index contributed by atoms with van der Waals surface area (Å²) >= 11 is 0. The van der Waals surface area contributed by atoms with Crippen LogP contribution >= 0.6 is 0 Å². The Hall–Kier alpha value is -2.58. The van der Waals surface area contributed by atoms with Crippen LogP contribution in [0.3, 0.4) is 0 Å². The van der Waals surface area contributed by atoms with Crippen LogP contribution in [0.2, 0.25) is 0 Å². The fraction of sp³-hybridized carbons (Fsp3) is 0.583. The van der Waals surface area contributed by atoms with Gasteiger partial charge in [0.1, 0.15) is 25.9 Å². The van der Waals surface area contributed by atoms with Crippen molar-refractivity contribution >= 4 is 5.95 Å². The maximum absolute atomic E-state index is 6.15. The van der Waals surface area contributed by atoms with Crippen LogP contribution in [0.1, 0.15) is 32.6 Å². The summed E-state index contributed by atoms with van der Waals surface area (Å²) in [5.41, 5.74) is 1.73. The molecule has 0 bridgehead atoms. The first-order chi connectivity index (χ1) is 15.7. The summed E-state index contributed by atoms with van der Waals surface area (Å²) in [6, 6.07) is 6.25. The molecule has 1 unspecified atom stereocenters. The molecule has 8 nitrogen and oxygen atoms in total. The zero-order chi connectivity index (χ0) is 21.8. The summed E-state index contributed by atoms with van der Waals surface area (Å²) in [6.45, 7) is 5.52. The van der Waals surface area contributed by atoms with Gasteiger partial charge in [0.2, 0.25) is 11.8 Å². The summed E-state index contributed by atoms with van der Waals surface area (Å²) in [5.74, 6) is 3.39. The Morgan fingerprint density at radius 3 is 2.69 bits per heavy atom. The molecule has 1 aromatic heterocycles. The van der Waals surface area contributed by atoms with E-state index in [1.165, 1.54) is 12.8 Å². The lowest BCUT2D eigenvalue weighted by molar-refractivity contribution is -0.101. The van der Waals surface area contributed by atoms with Gasteiger partial charge >= 0.3 is 0 Å². The zero-order valence-electron chi connectivity index (χ0n) is 18.5. The Bertz CT molecular complexity index is 911. The number of benzene rings is 1. The van der Waals surface area contributed by atoms with Crippen molar-refractivity contribution in [3.8, 4) is 28.5 Å². The Labute approximate surface area is 188 Å². The van der Waals surface area contributed by atoms with Crippen molar-refractivity contribution in [3.63, 3.8) is 0 Å². The van der Waals surface area contributed by atoms with E-state index in [-0.39, 0.29) is 6.10 Å². The number of anilines is 1. The van der Waals surface area contributed by atoms with E-state index in [0.717, 1.165) is 41.4 Å². The van der Waals surface area contributed by atoms with Gasteiger partial charge in [0.05, 0.1) is 25.4 Å². The lowest BCUT2D eigenvalue weighted by Gasteiger charge is -2.27. The molecule has 32 heavy (non-hydrogen) atoms. The third kappa shape index (κ3) is 5.07. The van der Waals surface area contributed by atoms with Crippen LogP contribution in [-0.4, -0.2) is 61.8 Å². The number of aromatic nitrogens is 2. The molecule has 172 valence electrons. The number of nitrogens with one attached hydrogen (secondary N) is 1. The molecule has 0 amide bonds. The summed E-state index contributed by atoms with van der Waals surface area (Å²) in [5, 5.41) is 3.51. The van der Waals surface area contributed by atoms with Gasteiger partial charge in [-0.1, -0.05) is 13.0 Å². The highest BCUT2D eigenvalue weighted by Gasteiger charge is 2.22. The highest BCUT2D eigenvalue weighted by Crippen LogP contribution is 2.37. The molecule has 2 fully saturated rings. The lowest BCUT2D eigenvalue weighted by Crippen LogP contribution is -2.33. The molecular weight excluding hydrogens is 410 g/mol. The summed E-state index contributed by atoms with van der Waals surface area (Å²) < 4.78 is 28.8. The third-order valence-corrected chi connectivity index (χ3v) is 6.25. The van der Waals surface area contributed by atoms with Crippen molar-refractivity contribution in [2.24, 2.45) is 5.92 Å². The highest BCUT2D eigenvalue weighted by atomic mass is 16.6. The largest absolute Gasteiger partial charge is 0.486 e. The molecule has 3 heterocycles. The molecule has 2 aromatic rings. The van der Waals surface area contributed by atoms with Crippen molar-refractivity contribution in [2.45, 2.75) is 44.8 Å². The fourth-order valence-electron chi connectivity index (χ4n) is 4.35. The van der Waals surface area contributed by atoms with Crippen LogP contribution in [0.15, 0.2) is 24.4 Å². The minimum atomic E-state index is -0.108. The number of nitrogens with zero attached hydrogens (tertiary/aromatic N) is 2. The van der Waals surface area contributed by atoms with E-state index in [9.17, 15) is 0 Å². The smallest absolute Gasteiger partial charge is 0.226 e. The average molecular weight is 442 g/mol. The van der Waals surface area contributed by atoms with Gasteiger partial charge in [-0.3, -0.25) is 0 Å². The number of ether oxygens (including phenoxy) is 5. The topological polar surface area (TPSA) is 84.0 Å². The van der Waals surface area contributed by atoms with Gasteiger partial charge in [0.15, 0.2) is 11.5 Å². The lowest BCUT2D eigenvalue weighted by atomic mass is 9.87. The standard InChI is InChI=1S/C24H31N3O5/c1-16-2-5-18(6-3-16)26-24-25-13-20(17-4-7-21-22(12-17)31-11-10-30-21)23(27-24)32-15-19-14-28-8-9-29-19/h4,7,12-13,16,18-19H,2-3,5-6,8-11,14-15H2,1H3,(H,25,26,27). The van der Waals surface area contributed by atoms with Crippen LogP contribution < -0.4 is 19.5 Å². The van der Waals surface area contributed by atoms with Crippen LogP contribution in [0.4, 0.5) is 5.95 Å². The Balaban J connectivity index is 1.38. The van der Waals surface area contributed by atoms with E-state index < -0.39 is 0 Å². The molecule has 1 saturated carbocycles. The number of hydrogen-bond donors (Lipinski definition) is 1. The Morgan fingerprint density at radius 2 is 1.88 bits per heavy atom. The molecule has 1 saturated heterocycles. The normalized spacial score (nSPS) is 25.2. The maximum Gasteiger partial charge on any atom is 0.226 e.